The maximum absolute atomic E-state index is 13.9. The fourth-order valence-electron chi connectivity index (χ4n) is 5.42. The van der Waals surface area contributed by atoms with Crippen molar-refractivity contribution in [2.24, 2.45) is 0 Å². The summed E-state index contributed by atoms with van der Waals surface area (Å²) in [6.45, 7) is 2.15. The van der Waals surface area contributed by atoms with Crippen molar-refractivity contribution in [1.29, 1.82) is 0 Å². The van der Waals surface area contributed by atoms with Crippen molar-refractivity contribution >= 4 is 39.4 Å². The first kappa shape index (κ1) is 26.6. The van der Waals surface area contributed by atoms with Crippen molar-refractivity contribution in [2.75, 3.05) is 13.1 Å². The molecule has 0 aromatic heterocycles. The van der Waals surface area contributed by atoms with Gasteiger partial charge in [-0.3, -0.25) is 19.2 Å². The Hall–Kier alpha value is -3.98. The van der Waals surface area contributed by atoms with Gasteiger partial charge in [0.1, 0.15) is 17.8 Å². The Morgan fingerprint density at radius 3 is 2.44 bits per heavy atom. The Labute approximate surface area is 234 Å². The number of phenols is 1. The summed E-state index contributed by atoms with van der Waals surface area (Å²) in [6, 6.07) is 18.4. The van der Waals surface area contributed by atoms with Crippen molar-refractivity contribution < 1.29 is 24.3 Å². The number of benzene rings is 3. The van der Waals surface area contributed by atoms with Gasteiger partial charge in [0.15, 0.2) is 5.78 Å². The van der Waals surface area contributed by atoms with Crippen LogP contribution in [0.2, 0.25) is 0 Å². The van der Waals surface area contributed by atoms with Crippen LogP contribution in [0.4, 0.5) is 0 Å². The van der Waals surface area contributed by atoms with Crippen LogP contribution in [0.1, 0.15) is 38.3 Å². The van der Waals surface area contributed by atoms with Crippen LogP contribution in [0.15, 0.2) is 77.3 Å². The first-order valence-corrected chi connectivity index (χ1v) is 13.6. The van der Waals surface area contributed by atoms with Gasteiger partial charge in [-0.1, -0.05) is 51.8 Å². The van der Waals surface area contributed by atoms with Gasteiger partial charge in [0.05, 0.1) is 12.6 Å². The highest BCUT2D eigenvalue weighted by molar-refractivity contribution is 9.10. The van der Waals surface area contributed by atoms with Gasteiger partial charge in [0.25, 0.3) is 11.8 Å². The molecule has 3 unspecified atom stereocenters. The zero-order valence-corrected chi connectivity index (χ0v) is 22.9. The number of halogens is 1. The Morgan fingerprint density at radius 2 is 1.72 bits per heavy atom. The minimum absolute atomic E-state index is 0.0566. The summed E-state index contributed by atoms with van der Waals surface area (Å²) in [4.78, 5) is 56.6. The van der Waals surface area contributed by atoms with E-state index in [-0.39, 0.29) is 36.3 Å². The molecular weight excluding hydrogens is 562 g/mol. The third kappa shape index (κ3) is 5.59. The highest BCUT2D eigenvalue weighted by Crippen LogP contribution is 2.32. The second-order valence-electron chi connectivity index (χ2n) is 10.0. The molecule has 2 saturated heterocycles. The van der Waals surface area contributed by atoms with Gasteiger partial charge >= 0.3 is 0 Å². The largest absolute Gasteiger partial charge is 0.508 e. The molecule has 39 heavy (non-hydrogen) atoms. The fourth-order valence-corrected chi connectivity index (χ4v) is 5.82. The molecule has 0 saturated carbocycles. The topological polar surface area (TPSA) is 107 Å². The minimum Gasteiger partial charge on any atom is -0.508 e. The number of aromatic hydroxyl groups is 1. The number of amides is 3. The summed E-state index contributed by atoms with van der Waals surface area (Å²) in [5.74, 6) is -1.11. The van der Waals surface area contributed by atoms with E-state index >= 15 is 0 Å². The number of aryl methyl sites for hydroxylation is 1. The van der Waals surface area contributed by atoms with Crippen molar-refractivity contribution in [3.05, 3.63) is 99.5 Å². The Kier molecular flexibility index (Phi) is 7.52. The first-order valence-electron chi connectivity index (χ1n) is 12.8. The SMILES string of the molecule is Cc1cccc(C(=O)N2CC(=O)C3C2CCN3C(=O)C(Cc2ccc(O)cc2)NC(=O)c2cccc(Br)c2)c1. The van der Waals surface area contributed by atoms with Crippen LogP contribution in [-0.2, 0) is 16.0 Å². The van der Waals surface area contributed by atoms with E-state index in [1.54, 1.807) is 53.4 Å². The summed E-state index contributed by atoms with van der Waals surface area (Å²) < 4.78 is 0.730. The number of carbonyl (C=O) groups is 4. The zero-order chi connectivity index (χ0) is 27.7. The van der Waals surface area contributed by atoms with E-state index in [1.165, 1.54) is 17.0 Å². The van der Waals surface area contributed by atoms with Crippen LogP contribution in [0.3, 0.4) is 0 Å². The molecule has 2 N–H and O–H groups in total. The van der Waals surface area contributed by atoms with Gasteiger partial charge < -0.3 is 20.2 Å². The number of Topliss-reactive ketones (excluding diaryl/α,β-unsaturated/α-hetero) is 1. The molecule has 8 nitrogen and oxygen atoms in total. The van der Waals surface area contributed by atoms with E-state index in [0.717, 1.165) is 15.6 Å². The van der Waals surface area contributed by atoms with Crippen LogP contribution in [0.5, 0.6) is 5.75 Å². The third-order valence-corrected chi connectivity index (χ3v) is 7.79. The van der Waals surface area contributed by atoms with E-state index in [4.69, 9.17) is 0 Å². The number of phenolic OH excluding ortho intramolecular Hbond substituents is 1. The summed E-state index contributed by atoms with van der Waals surface area (Å²) in [5, 5.41) is 12.5. The lowest BCUT2D eigenvalue weighted by Gasteiger charge is -2.28. The van der Waals surface area contributed by atoms with Crippen molar-refractivity contribution in [3.8, 4) is 5.75 Å². The minimum atomic E-state index is -0.950. The number of nitrogens with zero attached hydrogens (tertiary/aromatic N) is 2. The second kappa shape index (κ2) is 11.0. The lowest BCUT2D eigenvalue weighted by atomic mass is 10.0. The standard InChI is InChI=1S/C30H28BrN3O5/c1-18-4-2-6-21(14-18)29(38)34-17-26(36)27-25(34)12-13-33(27)30(39)24(15-19-8-10-23(35)11-9-19)32-28(37)20-5-3-7-22(31)16-20/h2-11,14,16,24-25,27,35H,12-13,15,17H2,1H3,(H,32,37). The Bertz CT molecular complexity index is 1440. The first-order chi connectivity index (χ1) is 18.7. The highest BCUT2D eigenvalue weighted by Gasteiger charge is 2.52. The van der Waals surface area contributed by atoms with Gasteiger partial charge in [-0.2, -0.15) is 0 Å². The van der Waals surface area contributed by atoms with Crippen molar-refractivity contribution in [1.82, 2.24) is 15.1 Å². The van der Waals surface area contributed by atoms with Crippen LogP contribution < -0.4 is 5.32 Å². The highest BCUT2D eigenvalue weighted by atomic mass is 79.9. The molecule has 0 aliphatic carbocycles. The molecule has 3 aromatic carbocycles. The summed E-state index contributed by atoms with van der Waals surface area (Å²) in [6.07, 6.45) is 0.651. The number of likely N-dealkylation sites (tertiary alicyclic amines) is 2. The van der Waals surface area contributed by atoms with E-state index in [1.807, 2.05) is 19.1 Å². The van der Waals surface area contributed by atoms with Crippen LogP contribution in [0.25, 0.3) is 0 Å². The van der Waals surface area contributed by atoms with Gasteiger partial charge in [-0.05, 0) is 61.4 Å². The second-order valence-corrected chi connectivity index (χ2v) is 10.9. The zero-order valence-electron chi connectivity index (χ0n) is 21.3. The molecule has 0 radical (unpaired) electrons. The molecular formula is C30H28BrN3O5. The quantitative estimate of drug-likeness (QED) is 0.457. The number of fused-ring (bicyclic) bond motifs is 1. The fraction of sp³-hybridized carbons (Fsp3) is 0.267. The molecule has 0 bridgehead atoms. The van der Waals surface area contributed by atoms with Crippen LogP contribution >= 0.6 is 15.9 Å². The van der Waals surface area contributed by atoms with Gasteiger partial charge in [0, 0.05) is 28.6 Å². The molecule has 9 heteroatoms. The van der Waals surface area contributed by atoms with Crippen LogP contribution in [-0.4, -0.2) is 69.6 Å². The molecule has 2 heterocycles. The Balaban J connectivity index is 1.38. The molecule has 3 amide bonds. The number of nitrogens with one attached hydrogen (secondary N) is 1. The number of ketones is 1. The van der Waals surface area contributed by atoms with Crippen molar-refractivity contribution in [3.63, 3.8) is 0 Å². The number of hydrogen-bond donors (Lipinski definition) is 2. The van der Waals surface area contributed by atoms with Gasteiger partial charge in [0.2, 0.25) is 5.91 Å². The molecule has 3 aromatic rings. The maximum atomic E-state index is 13.9. The van der Waals surface area contributed by atoms with Crippen LogP contribution in [0, 0.1) is 6.92 Å². The number of carbonyl (C=O) groups excluding carboxylic acids is 4. The normalized spacial score (nSPS) is 19.1. The summed E-state index contributed by atoms with van der Waals surface area (Å²) >= 11 is 3.37. The van der Waals surface area contributed by atoms with E-state index in [2.05, 4.69) is 21.2 Å². The summed E-state index contributed by atoms with van der Waals surface area (Å²) in [7, 11) is 0. The molecule has 0 spiro atoms. The number of rotatable bonds is 6. The van der Waals surface area contributed by atoms with E-state index < -0.39 is 24.0 Å². The van der Waals surface area contributed by atoms with E-state index in [9.17, 15) is 24.3 Å². The molecule has 2 aliphatic rings. The molecule has 5 rings (SSSR count). The molecule has 3 atom stereocenters. The van der Waals surface area contributed by atoms with Gasteiger partial charge in [-0.15, -0.1) is 0 Å². The predicted octanol–water partition coefficient (Wildman–Crippen LogP) is 3.50. The lowest BCUT2D eigenvalue weighted by Crippen LogP contribution is -2.53. The summed E-state index contributed by atoms with van der Waals surface area (Å²) in [5.41, 5.74) is 2.59. The lowest BCUT2D eigenvalue weighted by molar-refractivity contribution is -0.138. The average Bonchev–Trinajstić information content (AvgIpc) is 3.50. The van der Waals surface area contributed by atoms with Gasteiger partial charge in [-0.25, -0.2) is 0 Å². The predicted molar refractivity (Wildman–Crippen MR) is 148 cm³/mol. The Morgan fingerprint density at radius 1 is 1.00 bits per heavy atom. The number of hydrogen-bond acceptors (Lipinski definition) is 5. The smallest absolute Gasteiger partial charge is 0.254 e. The maximum Gasteiger partial charge on any atom is 0.254 e. The molecule has 2 fully saturated rings. The van der Waals surface area contributed by atoms with Crippen molar-refractivity contribution in [2.45, 2.75) is 37.9 Å². The third-order valence-electron chi connectivity index (χ3n) is 7.30. The monoisotopic (exact) mass is 589 g/mol. The molecule has 200 valence electrons. The molecule has 2 aliphatic heterocycles. The van der Waals surface area contributed by atoms with E-state index in [0.29, 0.717) is 24.1 Å². The average molecular weight is 590 g/mol.